The summed E-state index contributed by atoms with van der Waals surface area (Å²) in [5.74, 6) is 1.12. The molecule has 1 heterocycles. The Labute approximate surface area is 148 Å². The lowest BCUT2D eigenvalue weighted by Crippen LogP contribution is -2.10. The van der Waals surface area contributed by atoms with Gasteiger partial charge >= 0.3 is 0 Å². The van der Waals surface area contributed by atoms with Crippen molar-refractivity contribution < 1.29 is 4.74 Å². The van der Waals surface area contributed by atoms with Gasteiger partial charge in [0.2, 0.25) is 5.95 Å². The predicted molar refractivity (Wildman–Crippen MR) is 102 cm³/mol. The monoisotopic (exact) mass is 342 g/mol. The molecule has 2 aromatic rings. The summed E-state index contributed by atoms with van der Waals surface area (Å²) in [7, 11) is 0. The summed E-state index contributed by atoms with van der Waals surface area (Å²) in [5.41, 5.74) is 4.03. The molecule has 0 aliphatic carbocycles. The normalized spacial score (nSPS) is 11.0. The molecule has 6 heteroatoms. The van der Waals surface area contributed by atoms with Gasteiger partial charge in [-0.15, -0.1) is 0 Å². The lowest BCUT2D eigenvalue weighted by Gasteiger charge is -2.08. The van der Waals surface area contributed by atoms with Crippen molar-refractivity contribution in [3.63, 3.8) is 0 Å². The highest BCUT2D eigenvalue weighted by atomic mass is 16.5. The third-order valence-corrected chi connectivity index (χ3v) is 3.67. The lowest BCUT2D eigenvalue weighted by molar-refractivity contribution is 0.304. The van der Waals surface area contributed by atoms with Crippen molar-refractivity contribution in [2.45, 2.75) is 46.0 Å². The second-order valence-corrected chi connectivity index (χ2v) is 5.91. The maximum atomic E-state index is 11.4. The quantitative estimate of drug-likeness (QED) is 0.390. The van der Waals surface area contributed by atoms with Gasteiger partial charge in [0, 0.05) is 17.3 Å². The lowest BCUT2D eigenvalue weighted by atomic mass is 10.2. The van der Waals surface area contributed by atoms with E-state index in [0.717, 1.165) is 17.7 Å². The first-order chi connectivity index (χ1) is 12.2. The van der Waals surface area contributed by atoms with Crippen LogP contribution in [0, 0.1) is 6.92 Å². The van der Waals surface area contributed by atoms with Crippen LogP contribution in [0.5, 0.6) is 5.75 Å². The molecule has 0 radical (unpaired) electrons. The van der Waals surface area contributed by atoms with Gasteiger partial charge < -0.3 is 4.74 Å². The smallest absolute Gasteiger partial charge is 0.252 e. The number of anilines is 1. The minimum Gasteiger partial charge on any atom is -0.493 e. The highest BCUT2D eigenvalue weighted by Crippen LogP contribution is 2.16. The van der Waals surface area contributed by atoms with Crippen molar-refractivity contribution in [1.82, 2.24) is 9.97 Å². The Morgan fingerprint density at radius 3 is 2.84 bits per heavy atom. The SMILES string of the molecule is CCCCCCCOc1ccccc1/C=N\Nc1nc(C)cc(=O)[nH]1. The Balaban J connectivity index is 1.89. The number of para-hydroxylation sites is 1. The molecule has 0 saturated heterocycles. The Bertz CT molecular complexity index is 740. The Morgan fingerprint density at radius 2 is 2.04 bits per heavy atom. The van der Waals surface area contributed by atoms with E-state index in [4.69, 9.17) is 4.74 Å². The molecule has 1 aromatic carbocycles. The molecule has 0 unspecified atom stereocenters. The van der Waals surface area contributed by atoms with Gasteiger partial charge in [-0.1, -0.05) is 44.7 Å². The molecule has 6 nitrogen and oxygen atoms in total. The van der Waals surface area contributed by atoms with Crippen LogP contribution < -0.4 is 15.7 Å². The average Bonchev–Trinajstić information content (AvgIpc) is 2.58. The second kappa shape index (κ2) is 10.3. The van der Waals surface area contributed by atoms with E-state index in [1.807, 2.05) is 24.3 Å². The summed E-state index contributed by atoms with van der Waals surface area (Å²) in [4.78, 5) is 18.1. The van der Waals surface area contributed by atoms with E-state index in [-0.39, 0.29) is 5.56 Å². The molecule has 0 bridgehead atoms. The number of aromatic nitrogens is 2. The first-order valence-electron chi connectivity index (χ1n) is 8.78. The second-order valence-electron chi connectivity index (χ2n) is 5.91. The third-order valence-electron chi connectivity index (χ3n) is 3.67. The van der Waals surface area contributed by atoms with E-state index >= 15 is 0 Å². The molecule has 0 saturated carbocycles. The summed E-state index contributed by atoms with van der Waals surface area (Å²) in [6.45, 7) is 4.67. The van der Waals surface area contributed by atoms with Crippen molar-refractivity contribution in [2.24, 2.45) is 5.10 Å². The number of ether oxygens (including phenoxy) is 1. The molecular formula is C19H26N4O2. The molecule has 0 aliphatic heterocycles. The van der Waals surface area contributed by atoms with Crippen LogP contribution in [0.2, 0.25) is 0 Å². The maximum Gasteiger partial charge on any atom is 0.252 e. The predicted octanol–water partition coefficient (Wildman–Crippen LogP) is 3.87. The van der Waals surface area contributed by atoms with Gasteiger partial charge in [-0.05, 0) is 25.5 Å². The van der Waals surface area contributed by atoms with Gasteiger partial charge in [0.05, 0.1) is 12.8 Å². The highest BCUT2D eigenvalue weighted by molar-refractivity contribution is 5.83. The fourth-order valence-electron chi connectivity index (χ4n) is 2.40. The summed E-state index contributed by atoms with van der Waals surface area (Å²) in [6, 6.07) is 9.17. The zero-order valence-electron chi connectivity index (χ0n) is 14.9. The van der Waals surface area contributed by atoms with E-state index in [9.17, 15) is 4.79 Å². The number of rotatable bonds is 10. The fraction of sp³-hybridized carbons (Fsp3) is 0.421. The number of nitrogens with one attached hydrogen (secondary N) is 2. The number of aromatic amines is 1. The van der Waals surface area contributed by atoms with E-state index in [1.165, 1.54) is 31.7 Å². The van der Waals surface area contributed by atoms with Crippen LogP contribution in [0.1, 0.15) is 50.3 Å². The molecular weight excluding hydrogens is 316 g/mol. The van der Waals surface area contributed by atoms with Crippen LogP contribution in [0.15, 0.2) is 40.2 Å². The van der Waals surface area contributed by atoms with Gasteiger partial charge in [-0.25, -0.2) is 10.4 Å². The molecule has 0 atom stereocenters. The van der Waals surface area contributed by atoms with E-state index in [1.54, 1.807) is 13.1 Å². The number of aryl methyl sites for hydroxylation is 1. The standard InChI is InChI=1S/C19H26N4O2/c1-3-4-5-6-9-12-25-17-11-8-7-10-16(17)14-20-23-19-21-15(2)13-18(24)22-19/h7-8,10-11,13-14H,3-6,9,12H2,1-2H3,(H2,21,22,23,24)/b20-14-. The molecule has 2 N–H and O–H groups in total. The van der Waals surface area contributed by atoms with Crippen LogP contribution in [0.3, 0.4) is 0 Å². The molecule has 25 heavy (non-hydrogen) atoms. The Hall–Kier alpha value is -2.63. The Kier molecular flexibility index (Phi) is 7.69. The molecule has 1 aromatic heterocycles. The Morgan fingerprint density at radius 1 is 1.24 bits per heavy atom. The van der Waals surface area contributed by atoms with Gasteiger partial charge in [-0.3, -0.25) is 9.78 Å². The van der Waals surface area contributed by atoms with Crippen LogP contribution in [0.4, 0.5) is 5.95 Å². The van der Waals surface area contributed by atoms with Crippen LogP contribution in [-0.4, -0.2) is 22.8 Å². The summed E-state index contributed by atoms with van der Waals surface area (Å²) >= 11 is 0. The molecule has 0 fully saturated rings. The van der Waals surface area contributed by atoms with Gasteiger partial charge in [0.25, 0.3) is 5.56 Å². The topological polar surface area (TPSA) is 79.4 Å². The third kappa shape index (κ3) is 6.79. The number of H-pyrrole nitrogens is 1. The minimum absolute atomic E-state index is 0.211. The van der Waals surface area contributed by atoms with E-state index < -0.39 is 0 Å². The van der Waals surface area contributed by atoms with Crippen molar-refractivity contribution in [1.29, 1.82) is 0 Å². The number of nitrogens with zero attached hydrogens (tertiary/aromatic N) is 2. The molecule has 0 aliphatic rings. The van der Waals surface area contributed by atoms with Gasteiger partial charge in [0.1, 0.15) is 5.75 Å². The molecule has 0 amide bonds. The van der Waals surface area contributed by atoms with Gasteiger partial charge in [-0.2, -0.15) is 5.10 Å². The van der Waals surface area contributed by atoms with Crippen LogP contribution >= 0.6 is 0 Å². The average molecular weight is 342 g/mol. The number of benzene rings is 1. The highest BCUT2D eigenvalue weighted by Gasteiger charge is 2.01. The van der Waals surface area contributed by atoms with E-state index in [2.05, 4.69) is 27.4 Å². The van der Waals surface area contributed by atoms with Gasteiger partial charge in [0.15, 0.2) is 0 Å². The summed E-state index contributed by atoms with van der Waals surface area (Å²) < 4.78 is 5.87. The maximum absolute atomic E-state index is 11.4. The summed E-state index contributed by atoms with van der Waals surface area (Å²) in [5, 5.41) is 4.14. The number of unbranched alkanes of at least 4 members (excludes halogenated alkanes) is 4. The first kappa shape index (κ1) is 18.7. The van der Waals surface area contributed by atoms with Crippen molar-refractivity contribution >= 4 is 12.2 Å². The summed E-state index contributed by atoms with van der Waals surface area (Å²) in [6.07, 6.45) is 7.69. The zero-order valence-corrected chi connectivity index (χ0v) is 14.9. The van der Waals surface area contributed by atoms with Crippen LogP contribution in [-0.2, 0) is 0 Å². The van der Waals surface area contributed by atoms with Crippen molar-refractivity contribution in [3.8, 4) is 5.75 Å². The largest absolute Gasteiger partial charge is 0.493 e. The number of hydrogen-bond acceptors (Lipinski definition) is 5. The minimum atomic E-state index is -0.211. The first-order valence-corrected chi connectivity index (χ1v) is 8.78. The van der Waals surface area contributed by atoms with Crippen molar-refractivity contribution in [3.05, 3.63) is 51.9 Å². The molecule has 2 rings (SSSR count). The fourth-order valence-corrected chi connectivity index (χ4v) is 2.40. The van der Waals surface area contributed by atoms with E-state index in [0.29, 0.717) is 18.2 Å². The van der Waals surface area contributed by atoms with Crippen LogP contribution in [0.25, 0.3) is 0 Å². The van der Waals surface area contributed by atoms with Crippen molar-refractivity contribution in [2.75, 3.05) is 12.0 Å². The number of hydrazone groups is 1. The number of hydrogen-bond donors (Lipinski definition) is 2. The molecule has 134 valence electrons. The molecule has 0 spiro atoms. The zero-order chi connectivity index (χ0) is 17.9.